The highest BCUT2D eigenvalue weighted by atomic mass is 15.3. The molecule has 0 bridgehead atoms. The molecule has 2 aliphatic heterocycles. The van der Waals surface area contributed by atoms with Crippen LogP contribution in [0.4, 0.5) is 22.7 Å². The molecule has 0 aromatic heterocycles. The molecule has 0 amide bonds. The fourth-order valence-electron chi connectivity index (χ4n) is 18.5. The van der Waals surface area contributed by atoms with E-state index in [-0.39, 0.29) is 21.9 Å². The van der Waals surface area contributed by atoms with Crippen molar-refractivity contribution in [1.82, 2.24) is 0 Å². The summed E-state index contributed by atoms with van der Waals surface area (Å²) in [6.45, 7) is 10.2. The van der Waals surface area contributed by atoms with Crippen LogP contribution in [0.1, 0.15) is 90.2 Å². The maximum Gasteiger partial charge on any atom is 0.0517 e. The fourth-order valence-corrected chi connectivity index (χ4v) is 18.5. The van der Waals surface area contributed by atoms with E-state index in [1.807, 2.05) is 0 Å². The number of hydrogen-bond acceptors (Lipinski definition) is 2. The van der Waals surface area contributed by atoms with E-state index in [2.05, 4.69) is 304 Å². The Bertz CT molecular complexity index is 5200. The van der Waals surface area contributed by atoms with Crippen molar-refractivity contribution in [1.29, 1.82) is 0 Å². The molecule has 2 fully saturated rings. The Labute approximate surface area is 529 Å². The molecule has 14 aromatic rings. The molecule has 14 aromatic carbocycles. The van der Waals surface area contributed by atoms with Gasteiger partial charge >= 0.3 is 0 Å². The monoisotopic (exact) mass is 1160 g/mol. The Morgan fingerprint density at radius 2 is 0.611 bits per heavy atom. The highest BCUT2D eigenvalue weighted by molar-refractivity contribution is 6.33. The smallest absolute Gasteiger partial charge is 0.0517 e. The third kappa shape index (κ3) is 7.45. The molecular weight excluding hydrogens is 1080 g/mol. The van der Waals surface area contributed by atoms with E-state index in [4.69, 9.17) is 0 Å². The first-order chi connectivity index (χ1) is 44.1. The molecule has 4 atom stereocenters. The number of para-hydroxylation sites is 2. The van der Waals surface area contributed by atoms with Crippen LogP contribution < -0.4 is 9.80 Å². The van der Waals surface area contributed by atoms with Crippen molar-refractivity contribution in [3.63, 3.8) is 0 Å². The van der Waals surface area contributed by atoms with Crippen LogP contribution in [0.5, 0.6) is 0 Å². The number of hydrogen-bond donors (Lipinski definition) is 0. The van der Waals surface area contributed by atoms with Gasteiger partial charge in [-0.25, -0.2) is 0 Å². The van der Waals surface area contributed by atoms with Gasteiger partial charge in [-0.1, -0.05) is 246 Å². The van der Waals surface area contributed by atoms with Crippen LogP contribution in [0.25, 0.3) is 121 Å². The van der Waals surface area contributed by atoms with Crippen molar-refractivity contribution in [3.05, 3.63) is 278 Å². The molecule has 2 heteroatoms. The molecule has 2 saturated carbocycles. The zero-order chi connectivity index (χ0) is 60.1. The van der Waals surface area contributed by atoms with Crippen molar-refractivity contribution in [3.8, 4) is 66.8 Å². The van der Waals surface area contributed by atoms with Gasteiger partial charge in [0.25, 0.3) is 0 Å². The molecule has 18 rings (SSSR count). The molecule has 0 radical (unpaired) electrons. The molecule has 0 saturated heterocycles. The van der Waals surface area contributed by atoms with E-state index < -0.39 is 0 Å². The maximum absolute atomic E-state index is 2.69. The first-order valence-corrected chi connectivity index (χ1v) is 33.1. The van der Waals surface area contributed by atoms with E-state index in [0.717, 1.165) is 0 Å². The summed E-state index contributed by atoms with van der Waals surface area (Å²) in [5.74, 6) is 0. The molecule has 434 valence electrons. The van der Waals surface area contributed by atoms with Crippen LogP contribution >= 0.6 is 0 Å². The molecule has 2 aliphatic carbocycles. The van der Waals surface area contributed by atoms with Crippen molar-refractivity contribution in [2.45, 2.75) is 101 Å². The molecule has 2 nitrogen and oxygen atoms in total. The lowest BCUT2D eigenvalue weighted by molar-refractivity contribution is 0.195. The number of rotatable bonds is 8. The molecule has 4 unspecified atom stereocenters. The van der Waals surface area contributed by atoms with Crippen molar-refractivity contribution in [2.75, 3.05) is 9.80 Å². The number of nitrogens with zero attached hydrogens (tertiary/aromatic N) is 2. The Hall–Kier alpha value is -9.76. The highest BCUT2D eigenvalue weighted by Crippen LogP contribution is 2.63. The zero-order valence-electron chi connectivity index (χ0n) is 52.0. The van der Waals surface area contributed by atoms with Gasteiger partial charge in [-0.15, -0.1) is 0 Å². The van der Waals surface area contributed by atoms with Gasteiger partial charge in [0.15, 0.2) is 0 Å². The minimum absolute atomic E-state index is 0.0128. The molecular formula is C88H72N2. The molecule has 0 N–H and O–H groups in total. The quantitative estimate of drug-likeness (QED) is 0.140. The summed E-state index contributed by atoms with van der Waals surface area (Å²) in [7, 11) is 0. The normalized spacial score (nSPS) is 21.1. The van der Waals surface area contributed by atoms with E-state index in [1.165, 1.54) is 206 Å². The van der Waals surface area contributed by atoms with Gasteiger partial charge in [-0.3, -0.25) is 0 Å². The third-order valence-corrected chi connectivity index (χ3v) is 23.4. The maximum atomic E-state index is 2.69. The summed E-state index contributed by atoms with van der Waals surface area (Å²) in [4.78, 5) is 5.38. The number of anilines is 4. The summed E-state index contributed by atoms with van der Waals surface area (Å²) >= 11 is 0. The number of benzene rings is 14. The SMILES string of the molecule is CC12CCCCC1(C)N(c1ccccc1)c1ccc(-c3cccc4c(-c5cc6c(-c7ccccc7)cc(-c7cccc8c(-c9ccc%10c(c9)C9(C)CCCCC9(C)N%10c9ccccc9)cccc78)c7ccc8c(-c9ccccc9)ccc5c8c67)cccc34)cc12. The van der Waals surface area contributed by atoms with Crippen LogP contribution in [0.15, 0.2) is 267 Å². The largest absolute Gasteiger partial charge is 0.334 e. The van der Waals surface area contributed by atoms with Crippen LogP contribution in [-0.2, 0) is 10.8 Å². The van der Waals surface area contributed by atoms with Crippen molar-refractivity contribution in [2.24, 2.45) is 0 Å². The van der Waals surface area contributed by atoms with Gasteiger partial charge in [-0.2, -0.15) is 0 Å². The summed E-state index contributed by atoms with van der Waals surface area (Å²) in [6, 6.07) is 102. The first-order valence-electron chi connectivity index (χ1n) is 33.1. The second-order valence-corrected chi connectivity index (χ2v) is 27.6. The summed E-state index contributed by atoms with van der Waals surface area (Å²) < 4.78 is 0. The fraction of sp³-hybridized carbons (Fsp3) is 0.182. The second-order valence-electron chi connectivity index (χ2n) is 27.6. The lowest BCUT2D eigenvalue weighted by atomic mass is 9.61. The van der Waals surface area contributed by atoms with E-state index in [1.54, 1.807) is 0 Å². The minimum atomic E-state index is -0.0163. The second kappa shape index (κ2) is 19.9. The molecule has 2 heterocycles. The molecule has 90 heavy (non-hydrogen) atoms. The predicted octanol–water partition coefficient (Wildman–Crippen LogP) is 24.4. The first kappa shape index (κ1) is 53.3. The molecule has 0 spiro atoms. The van der Waals surface area contributed by atoms with Gasteiger partial charge < -0.3 is 9.80 Å². The Balaban J connectivity index is 0.839. The lowest BCUT2D eigenvalue weighted by Crippen LogP contribution is -2.54. The summed E-state index contributed by atoms with van der Waals surface area (Å²) in [5.41, 5.74) is 23.3. The summed E-state index contributed by atoms with van der Waals surface area (Å²) in [5, 5.41) is 12.8. The Morgan fingerprint density at radius 3 is 1.09 bits per heavy atom. The average Bonchev–Trinajstić information content (AvgIpc) is 1.63. The van der Waals surface area contributed by atoms with Crippen LogP contribution in [0, 0.1) is 0 Å². The van der Waals surface area contributed by atoms with E-state index >= 15 is 0 Å². The van der Waals surface area contributed by atoms with Crippen LogP contribution in [0.3, 0.4) is 0 Å². The molecule has 4 aliphatic rings. The standard InChI is InChI=1S/C88H72N2/c1-85-49-17-19-51-87(85,3)89(61-29-13-7-14-30-61)81-47-41-59(53-79(81)85)63-33-21-37-68-66(63)35-23-39-70(68)76-55-75(58-27-11-6-12-28-58)78-56-77(73-44-43-65(57-25-9-5-10-26-57)72-45-46-74(76)84(78)83(72)73)71-40-24-36-67-64(34-22-38-69(67)71)60-42-48-82-80(54-60)86(2)50-18-20-52-88(86,4)90(82)62-31-15-8-16-32-62/h5-16,21-48,53-56H,17-20,49-52H2,1-4H3. The van der Waals surface area contributed by atoms with Gasteiger partial charge in [0.05, 0.1) is 11.1 Å². The predicted molar refractivity (Wildman–Crippen MR) is 383 cm³/mol. The Morgan fingerprint density at radius 1 is 0.244 bits per heavy atom. The van der Waals surface area contributed by atoms with Gasteiger partial charge in [0, 0.05) is 33.6 Å². The van der Waals surface area contributed by atoms with Crippen LogP contribution in [0.2, 0.25) is 0 Å². The van der Waals surface area contributed by atoms with E-state index in [0.29, 0.717) is 0 Å². The summed E-state index contributed by atoms with van der Waals surface area (Å²) in [6.07, 6.45) is 9.73. The topological polar surface area (TPSA) is 6.48 Å². The van der Waals surface area contributed by atoms with E-state index in [9.17, 15) is 0 Å². The Kier molecular flexibility index (Phi) is 11.8. The van der Waals surface area contributed by atoms with Gasteiger partial charge in [0.2, 0.25) is 0 Å². The van der Waals surface area contributed by atoms with Crippen LogP contribution in [-0.4, -0.2) is 11.1 Å². The van der Waals surface area contributed by atoms with Gasteiger partial charge in [-0.05, 0) is 232 Å². The van der Waals surface area contributed by atoms with Crippen molar-refractivity contribution >= 4 is 76.6 Å². The zero-order valence-corrected chi connectivity index (χ0v) is 52.0. The minimum Gasteiger partial charge on any atom is -0.334 e. The highest BCUT2D eigenvalue weighted by Gasteiger charge is 2.59. The number of fused-ring (bicyclic) bond motifs is 8. The average molecular weight is 1160 g/mol. The van der Waals surface area contributed by atoms with Crippen molar-refractivity contribution < 1.29 is 0 Å². The third-order valence-electron chi connectivity index (χ3n) is 23.4. The van der Waals surface area contributed by atoms with Gasteiger partial charge in [0.1, 0.15) is 0 Å². The lowest BCUT2D eigenvalue weighted by Gasteiger charge is -2.50.